The Morgan fingerprint density at radius 3 is 2.06 bits per heavy atom. The number of rotatable bonds is 4. The van der Waals surface area contributed by atoms with E-state index >= 15 is 0 Å². The van der Waals surface area contributed by atoms with Crippen LogP contribution in [0.15, 0.2) is 0 Å². The summed E-state index contributed by atoms with van der Waals surface area (Å²) < 4.78 is 28.4. The quantitative estimate of drug-likeness (QED) is 0.477. The zero-order valence-electron chi connectivity index (χ0n) is 18.5. The summed E-state index contributed by atoms with van der Waals surface area (Å²) in [6, 6.07) is -0.579. The van der Waals surface area contributed by atoms with Gasteiger partial charge in [-0.05, 0) is 84.9 Å². The van der Waals surface area contributed by atoms with Gasteiger partial charge in [0.15, 0.2) is 0 Å². The molecule has 2 unspecified atom stereocenters. The van der Waals surface area contributed by atoms with E-state index in [0.717, 1.165) is 6.66 Å². The number of amides is 1. The number of carbonyl (C=O) groups is 1. The van der Waals surface area contributed by atoms with Crippen molar-refractivity contribution in [3.05, 3.63) is 0 Å². The Morgan fingerprint density at radius 1 is 1.06 bits per heavy atom. The fourth-order valence-electron chi connectivity index (χ4n) is 3.52. The molecule has 1 N–H and O–H groups in total. The molecule has 2 fully saturated rings. The molecule has 0 spiro atoms. The SMILES string of the molecule is CC#CC#CC#CC#CC#CC#CC#CC(=O)N1C[C@]2(COC)O[C@@H](C)[C@@H]1C2OP(C)(=O)O. The van der Waals surface area contributed by atoms with Crippen LogP contribution < -0.4 is 0 Å². The summed E-state index contributed by atoms with van der Waals surface area (Å²) in [5.41, 5.74) is -1.04. The molecule has 1 amide bonds. The lowest BCUT2D eigenvalue weighted by atomic mass is 10.00. The molecular weight excluding hydrogens is 441 g/mol. The fraction of sp³-hybridized carbons (Fsp3) is 0.400. The maximum absolute atomic E-state index is 12.6. The summed E-state index contributed by atoms with van der Waals surface area (Å²) in [5.74, 6) is 34.4. The lowest BCUT2D eigenvalue weighted by Crippen LogP contribution is -2.50. The second-order valence-electron chi connectivity index (χ2n) is 6.95. The van der Waals surface area contributed by atoms with Crippen molar-refractivity contribution < 1.29 is 28.3 Å². The van der Waals surface area contributed by atoms with Crippen molar-refractivity contribution in [1.29, 1.82) is 0 Å². The molecule has 2 bridgehead atoms. The molecule has 5 atom stereocenters. The van der Waals surface area contributed by atoms with E-state index in [1.54, 1.807) is 13.8 Å². The molecule has 2 heterocycles. The minimum atomic E-state index is -3.83. The summed E-state index contributed by atoms with van der Waals surface area (Å²) in [7, 11) is -2.35. The Balaban J connectivity index is 2.05. The first-order valence-electron chi connectivity index (χ1n) is 9.63. The molecule has 0 radical (unpaired) electrons. The van der Waals surface area contributed by atoms with Crippen LogP contribution in [-0.2, 0) is 23.4 Å². The number of likely N-dealkylation sites (tertiary alicyclic amines) is 1. The third kappa shape index (κ3) is 7.24. The van der Waals surface area contributed by atoms with Gasteiger partial charge in [0.1, 0.15) is 11.7 Å². The summed E-state index contributed by atoms with van der Waals surface area (Å²) in [4.78, 5) is 23.8. The summed E-state index contributed by atoms with van der Waals surface area (Å²) in [5, 5.41) is 0. The van der Waals surface area contributed by atoms with Gasteiger partial charge in [0, 0.05) is 19.7 Å². The highest BCUT2D eigenvalue weighted by Crippen LogP contribution is 2.50. The molecule has 7 nitrogen and oxygen atoms in total. The van der Waals surface area contributed by atoms with Crippen LogP contribution in [0.5, 0.6) is 0 Å². The topological polar surface area (TPSA) is 85.3 Å². The lowest BCUT2D eigenvalue weighted by molar-refractivity contribution is -0.147. The largest absolute Gasteiger partial charge is 0.382 e. The molecule has 0 aromatic heterocycles. The molecule has 8 heteroatoms. The normalized spacial score (nSPS) is 25.0. The van der Waals surface area contributed by atoms with Crippen LogP contribution in [0.3, 0.4) is 0 Å². The number of hydrogen-bond donors (Lipinski definition) is 1. The Morgan fingerprint density at radius 2 is 1.58 bits per heavy atom. The molecule has 33 heavy (non-hydrogen) atoms. The number of hydrogen-bond acceptors (Lipinski definition) is 5. The monoisotopic (exact) mass is 461 g/mol. The van der Waals surface area contributed by atoms with Crippen LogP contribution in [-0.4, -0.2) is 66.5 Å². The maximum atomic E-state index is 12.6. The van der Waals surface area contributed by atoms with Crippen LogP contribution in [0.25, 0.3) is 0 Å². The van der Waals surface area contributed by atoms with Crippen molar-refractivity contribution in [3.8, 4) is 82.9 Å². The number of carbonyl (C=O) groups excluding carboxylic acids is 1. The van der Waals surface area contributed by atoms with E-state index in [-0.39, 0.29) is 13.2 Å². The van der Waals surface area contributed by atoms with Crippen LogP contribution >= 0.6 is 7.60 Å². The molecule has 0 aromatic rings. The van der Waals surface area contributed by atoms with Gasteiger partial charge in [-0.1, -0.05) is 5.92 Å². The lowest BCUT2D eigenvalue weighted by Gasteiger charge is -2.34. The first-order chi connectivity index (χ1) is 15.7. The van der Waals surface area contributed by atoms with E-state index in [0.29, 0.717) is 0 Å². The van der Waals surface area contributed by atoms with Gasteiger partial charge >= 0.3 is 7.60 Å². The van der Waals surface area contributed by atoms with Gasteiger partial charge in [-0.25, -0.2) is 0 Å². The summed E-state index contributed by atoms with van der Waals surface area (Å²) in [6.07, 6.45) is -1.25. The zero-order valence-corrected chi connectivity index (χ0v) is 19.4. The van der Waals surface area contributed by atoms with Crippen molar-refractivity contribution in [2.45, 2.75) is 37.7 Å². The zero-order chi connectivity index (χ0) is 24.3. The Labute approximate surface area is 194 Å². The van der Waals surface area contributed by atoms with Crippen molar-refractivity contribution in [2.24, 2.45) is 0 Å². The van der Waals surface area contributed by atoms with Gasteiger partial charge in [-0.15, -0.1) is 0 Å². The molecule has 0 saturated carbocycles. The van der Waals surface area contributed by atoms with Crippen molar-refractivity contribution in [3.63, 3.8) is 0 Å². The van der Waals surface area contributed by atoms with Crippen molar-refractivity contribution >= 4 is 13.5 Å². The molecule has 2 aliphatic heterocycles. The second-order valence-corrected chi connectivity index (χ2v) is 8.77. The van der Waals surface area contributed by atoms with Gasteiger partial charge < -0.3 is 23.8 Å². The van der Waals surface area contributed by atoms with E-state index in [4.69, 9.17) is 14.0 Å². The van der Waals surface area contributed by atoms with Crippen LogP contribution in [0.2, 0.25) is 0 Å². The maximum Gasteiger partial charge on any atom is 0.325 e. The minimum absolute atomic E-state index is 0.0932. The molecule has 0 aliphatic carbocycles. The van der Waals surface area contributed by atoms with Crippen LogP contribution in [0.1, 0.15) is 13.8 Å². The molecule has 166 valence electrons. The Hall–Kier alpha value is -3.54. The van der Waals surface area contributed by atoms with Gasteiger partial charge in [0.25, 0.3) is 5.91 Å². The van der Waals surface area contributed by atoms with Gasteiger partial charge in [-0.3, -0.25) is 9.36 Å². The summed E-state index contributed by atoms with van der Waals surface area (Å²) in [6.45, 7) is 4.74. The number of methoxy groups -OCH3 is 1. The van der Waals surface area contributed by atoms with Gasteiger partial charge in [0.05, 0.1) is 25.3 Å². The molecule has 2 saturated heterocycles. The highest BCUT2D eigenvalue weighted by atomic mass is 31.2. The third-order valence-electron chi connectivity index (χ3n) is 4.47. The average molecular weight is 461 g/mol. The smallest absolute Gasteiger partial charge is 0.325 e. The predicted octanol–water partition coefficient (Wildman–Crippen LogP) is 0.245. The van der Waals surface area contributed by atoms with Gasteiger partial charge in [0.2, 0.25) is 0 Å². The summed E-state index contributed by atoms with van der Waals surface area (Å²) >= 11 is 0. The average Bonchev–Trinajstić information content (AvgIpc) is 3.17. The van der Waals surface area contributed by atoms with Gasteiger partial charge in [-0.2, -0.15) is 0 Å². The predicted molar refractivity (Wildman–Crippen MR) is 121 cm³/mol. The molecular formula is C25H20NO6P. The second kappa shape index (κ2) is 11.9. The molecule has 2 rings (SSSR count). The highest BCUT2D eigenvalue weighted by molar-refractivity contribution is 7.51. The van der Waals surface area contributed by atoms with E-state index in [1.165, 1.54) is 12.0 Å². The first-order valence-corrected chi connectivity index (χ1v) is 11.7. The number of fused-ring (bicyclic) bond motifs is 2. The van der Waals surface area contributed by atoms with E-state index in [2.05, 4.69) is 82.9 Å². The van der Waals surface area contributed by atoms with E-state index in [9.17, 15) is 14.3 Å². The number of nitrogens with zero attached hydrogens (tertiary/aromatic N) is 1. The fourth-order valence-corrected chi connectivity index (χ4v) is 4.25. The molecule has 0 aromatic carbocycles. The third-order valence-corrected chi connectivity index (χ3v) is 5.09. The number of ether oxygens (including phenoxy) is 2. The minimum Gasteiger partial charge on any atom is -0.382 e. The standard InChI is InChI=1S/C25H20NO6P/c1-5-6-7-8-9-10-11-12-13-14-15-16-17-18-22(27)26-19-25(20-30-3)24(32-33(4,28)29)23(26)21(2)31-25/h21,23-24H,19-20H2,1-4H3,(H,28,29)/t21-,23+,24?,25+/m0/s1. The Bertz CT molecular complexity index is 1280. The van der Waals surface area contributed by atoms with E-state index < -0.39 is 37.4 Å². The number of morpholine rings is 1. The van der Waals surface area contributed by atoms with Crippen LogP contribution in [0, 0.1) is 82.9 Å². The van der Waals surface area contributed by atoms with Crippen LogP contribution in [0.4, 0.5) is 0 Å². The van der Waals surface area contributed by atoms with Crippen molar-refractivity contribution in [1.82, 2.24) is 4.90 Å². The molecule has 2 aliphatic rings. The van der Waals surface area contributed by atoms with Crippen molar-refractivity contribution in [2.75, 3.05) is 26.9 Å². The Kier molecular flexibility index (Phi) is 9.28. The highest BCUT2D eigenvalue weighted by Gasteiger charge is 2.65. The van der Waals surface area contributed by atoms with E-state index in [1.807, 2.05) is 0 Å². The first kappa shape index (κ1) is 25.7.